The van der Waals surface area contributed by atoms with Crippen molar-refractivity contribution in [1.29, 1.82) is 0 Å². The number of nitrogens with zero attached hydrogens (tertiary/aromatic N) is 2. The number of rotatable bonds is 5. The number of hydrogen-bond donors (Lipinski definition) is 1. The average molecular weight is 415 g/mol. The Morgan fingerprint density at radius 1 is 1.19 bits per heavy atom. The molecule has 1 heterocycles. The predicted octanol–water partition coefficient (Wildman–Crippen LogP) is 3.62. The molecule has 1 N–H and O–H groups in total. The molecule has 0 amide bonds. The molecule has 114 valence electrons. The first-order chi connectivity index (χ1) is 9.79. The number of thiophene rings is 1. The van der Waals surface area contributed by atoms with Gasteiger partial charge >= 0.3 is 0 Å². The van der Waals surface area contributed by atoms with Crippen molar-refractivity contribution in [3.8, 4) is 0 Å². The molecule has 0 fully saturated rings. The molecule has 0 unspecified atom stereocenters. The van der Waals surface area contributed by atoms with Crippen LogP contribution in [-0.2, 0) is 13.0 Å². The van der Waals surface area contributed by atoms with Gasteiger partial charge in [0.2, 0.25) is 0 Å². The second kappa shape index (κ2) is 9.78. The van der Waals surface area contributed by atoms with Gasteiger partial charge in [0.15, 0.2) is 5.96 Å². The summed E-state index contributed by atoms with van der Waals surface area (Å²) in [6, 6.07) is 14.7. The summed E-state index contributed by atoms with van der Waals surface area (Å²) in [5.74, 6) is 0.936. The van der Waals surface area contributed by atoms with E-state index in [1.807, 2.05) is 24.5 Å². The quantitative estimate of drug-likeness (QED) is 0.459. The maximum atomic E-state index is 4.34. The summed E-state index contributed by atoms with van der Waals surface area (Å²) in [6.07, 6.45) is 1.06. The van der Waals surface area contributed by atoms with Crippen LogP contribution in [0.3, 0.4) is 0 Å². The first-order valence-electron chi connectivity index (χ1n) is 6.77. The third kappa shape index (κ3) is 6.05. The van der Waals surface area contributed by atoms with Crippen molar-refractivity contribution < 1.29 is 0 Å². The number of hydrogen-bond acceptors (Lipinski definition) is 2. The van der Waals surface area contributed by atoms with Crippen LogP contribution in [0.2, 0.25) is 0 Å². The summed E-state index contributed by atoms with van der Waals surface area (Å²) in [7, 11) is 3.91. The molecule has 0 saturated carbocycles. The van der Waals surface area contributed by atoms with Gasteiger partial charge in [-0.25, -0.2) is 0 Å². The van der Waals surface area contributed by atoms with Gasteiger partial charge in [0.05, 0.1) is 0 Å². The highest BCUT2D eigenvalue weighted by Crippen LogP contribution is 2.09. The van der Waals surface area contributed by atoms with Gasteiger partial charge in [0.1, 0.15) is 0 Å². The Labute approximate surface area is 148 Å². The lowest BCUT2D eigenvalue weighted by atomic mass is 10.2. The summed E-state index contributed by atoms with van der Waals surface area (Å²) in [4.78, 5) is 7.92. The summed E-state index contributed by atoms with van der Waals surface area (Å²) >= 11 is 1.81. The first kappa shape index (κ1) is 18.0. The minimum atomic E-state index is 0. The molecule has 0 bridgehead atoms. The molecule has 21 heavy (non-hydrogen) atoms. The van der Waals surface area contributed by atoms with Gasteiger partial charge in [-0.15, -0.1) is 35.3 Å². The fourth-order valence-electron chi connectivity index (χ4n) is 2.00. The summed E-state index contributed by atoms with van der Waals surface area (Å²) in [6.45, 7) is 1.77. The van der Waals surface area contributed by atoms with Crippen molar-refractivity contribution in [3.05, 3.63) is 58.3 Å². The zero-order valence-corrected chi connectivity index (χ0v) is 15.6. The number of nitrogens with one attached hydrogen (secondary N) is 1. The van der Waals surface area contributed by atoms with Gasteiger partial charge < -0.3 is 10.2 Å². The van der Waals surface area contributed by atoms with E-state index in [4.69, 9.17) is 0 Å². The van der Waals surface area contributed by atoms with Crippen LogP contribution in [0.5, 0.6) is 0 Å². The van der Waals surface area contributed by atoms with Crippen LogP contribution in [0.4, 0.5) is 0 Å². The summed E-state index contributed by atoms with van der Waals surface area (Å²) in [5, 5.41) is 5.52. The van der Waals surface area contributed by atoms with Gasteiger partial charge in [-0.3, -0.25) is 4.99 Å². The number of halogens is 1. The SMILES string of the molecule is CN=C(NCc1ccccc1)N(C)CCc1cccs1.I. The molecule has 0 radical (unpaired) electrons. The van der Waals surface area contributed by atoms with E-state index in [9.17, 15) is 0 Å². The lowest BCUT2D eigenvalue weighted by Gasteiger charge is -2.21. The van der Waals surface area contributed by atoms with Crippen molar-refractivity contribution in [3.63, 3.8) is 0 Å². The van der Waals surface area contributed by atoms with Crippen molar-refractivity contribution in [1.82, 2.24) is 10.2 Å². The topological polar surface area (TPSA) is 27.6 Å². The molecule has 3 nitrogen and oxygen atoms in total. The van der Waals surface area contributed by atoms with Crippen molar-refractivity contribution in [2.75, 3.05) is 20.6 Å². The number of likely N-dealkylation sites (N-methyl/N-ethyl adjacent to an activating group) is 1. The molecule has 1 aromatic heterocycles. The minimum absolute atomic E-state index is 0. The number of aliphatic imine (C=N–C) groups is 1. The molecule has 0 aliphatic rings. The van der Waals surface area contributed by atoms with E-state index >= 15 is 0 Å². The molecular weight excluding hydrogens is 393 g/mol. The maximum absolute atomic E-state index is 4.34. The third-order valence-corrected chi connectivity index (χ3v) is 4.08. The lowest BCUT2D eigenvalue weighted by Crippen LogP contribution is -2.39. The Morgan fingerprint density at radius 3 is 2.57 bits per heavy atom. The largest absolute Gasteiger partial charge is 0.352 e. The van der Waals surface area contributed by atoms with Crippen LogP contribution in [0.15, 0.2) is 52.8 Å². The van der Waals surface area contributed by atoms with E-state index in [0.717, 1.165) is 25.5 Å². The molecule has 0 aliphatic heterocycles. The minimum Gasteiger partial charge on any atom is -0.352 e. The van der Waals surface area contributed by atoms with Gasteiger partial charge in [-0.05, 0) is 23.4 Å². The Kier molecular flexibility index (Phi) is 8.37. The average Bonchev–Trinajstić information content (AvgIpc) is 3.00. The zero-order chi connectivity index (χ0) is 14.2. The Balaban J connectivity index is 0.00000220. The van der Waals surface area contributed by atoms with Gasteiger partial charge in [-0.2, -0.15) is 0 Å². The maximum Gasteiger partial charge on any atom is 0.193 e. The van der Waals surface area contributed by atoms with Gasteiger partial charge in [0.25, 0.3) is 0 Å². The monoisotopic (exact) mass is 415 g/mol. The molecule has 0 aliphatic carbocycles. The van der Waals surface area contributed by atoms with Crippen molar-refractivity contribution in [2.24, 2.45) is 4.99 Å². The second-order valence-corrected chi connectivity index (χ2v) is 5.67. The van der Waals surface area contributed by atoms with E-state index in [1.165, 1.54) is 10.4 Å². The highest BCUT2D eigenvalue weighted by Gasteiger charge is 2.06. The third-order valence-electron chi connectivity index (χ3n) is 3.14. The standard InChI is InChI=1S/C16H21N3S.HI/c1-17-16(18-13-14-7-4-3-5-8-14)19(2)11-10-15-9-6-12-20-15;/h3-9,12H,10-11,13H2,1-2H3,(H,17,18);1H. The van der Waals surface area contributed by atoms with E-state index in [1.54, 1.807) is 0 Å². The van der Waals surface area contributed by atoms with Gasteiger partial charge in [0, 0.05) is 32.1 Å². The van der Waals surface area contributed by atoms with Crippen LogP contribution in [-0.4, -0.2) is 31.5 Å². The van der Waals surface area contributed by atoms with Gasteiger partial charge in [-0.1, -0.05) is 36.4 Å². The van der Waals surface area contributed by atoms with Crippen LogP contribution >= 0.6 is 35.3 Å². The van der Waals surface area contributed by atoms with Crippen molar-refractivity contribution >= 4 is 41.3 Å². The van der Waals surface area contributed by atoms with E-state index in [2.05, 4.69) is 64.0 Å². The highest BCUT2D eigenvalue weighted by molar-refractivity contribution is 14.0. The molecule has 2 rings (SSSR count). The van der Waals surface area contributed by atoms with E-state index < -0.39 is 0 Å². The molecule has 1 aromatic carbocycles. The van der Waals surface area contributed by atoms with Crippen molar-refractivity contribution in [2.45, 2.75) is 13.0 Å². The smallest absolute Gasteiger partial charge is 0.193 e. The zero-order valence-electron chi connectivity index (χ0n) is 12.5. The second-order valence-electron chi connectivity index (χ2n) is 4.64. The van der Waals surface area contributed by atoms with Crippen LogP contribution in [0.1, 0.15) is 10.4 Å². The molecule has 2 aromatic rings. The van der Waals surface area contributed by atoms with E-state index in [-0.39, 0.29) is 24.0 Å². The first-order valence-corrected chi connectivity index (χ1v) is 7.65. The normalized spacial score (nSPS) is 10.9. The fourth-order valence-corrected chi connectivity index (χ4v) is 2.70. The van der Waals surface area contributed by atoms with Crippen LogP contribution < -0.4 is 5.32 Å². The predicted molar refractivity (Wildman–Crippen MR) is 103 cm³/mol. The molecule has 0 spiro atoms. The molecule has 5 heteroatoms. The highest BCUT2D eigenvalue weighted by atomic mass is 127. The summed E-state index contributed by atoms with van der Waals surface area (Å²) < 4.78 is 0. The lowest BCUT2D eigenvalue weighted by molar-refractivity contribution is 0.486. The Bertz CT molecular complexity index is 526. The summed E-state index contributed by atoms with van der Waals surface area (Å²) in [5.41, 5.74) is 1.26. The van der Waals surface area contributed by atoms with Crippen LogP contribution in [0, 0.1) is 0 Å². The molecule has 0 atom stereocenters. The molecular formula is C16H22IN3S. The number of guanidine groups is 1. The fraction of sp³-hybridized carbons (Fsp3) is 0.312. The Morgan fingerprint density at radius 2 is 1.95 bits per heavy atom. The number of benzene rings is 1. The van der Waals surface area contributed by atoms with E-state index in [0.29, 0.717) is 0 Å². The van der Waals surface area contributed by atoms with Crippen LogP contribution in [0.25, 0.3) is 0 Å². The Hall–Kier alpha value is -1.08. The molecule has 0 saturated heterocycles.